The molecule has 8 rings (SSSR count). The van der Waals surface area contributed by atoms with E-state index in [1.807, 2.05) is 122 Å². The minimum Gasteiger partial charge on any atom is -0.448 e. The molecule has 2 unspecified atom stereocenters. The van der Waals surface area contributed by atoms with E-state index in [1.165, 1.54) is 35.1 Å². The third-order valence-electron chi connectivity index (χ3n) is 10.1. The molecule has 0 saturated carbocycles. The molecule has 290 valence electrons. The van der Waals surface area contributed by atoms with Gasteiger partial charge in [-0.15, -0.1) is 23.1 Å². The molecule has 1 aromatic heterocycles. The molecular formula is C46H39N5O5S2. The number of thioether (sulfide) groups is 1. The molecule has 3 heterocycles. The maximum absolute atomic E-state index is 14.0. The Morgan fingerprint density at radius 2 is 1.29 bits per heavy atom. The van der Waals surface area contributed by atoms with Crippen LogP contribution in [0.2, 0.25) is 0 Å². The standard InChI is InChI=1S/C46H39N5O5S2/c1-30-28-57-43-38(42(53)51(43)39(30)44(54)56-40(31-18-8-3-9-19-31)32-20-10-4-11-21-32)48-41(52)37(50-55-2)36-29-58-45(47-36)49-46(33-22-12-5-13-23-33,34-24-14-6-15-25-34)35-26-16-7-17-27-35/h3-27,29,38,40,43H,28H2,1-2H3,(H,47,49)(H,48,52)/b50-37+. The average molecular weight is 806 g/mol. The number of carbonyl (C=O) groups excluding carboxylic acids is 3. The van der Waals surface area contributed by atoms with E-state index >= 15 is 0 Å². The van der Waals surface area contributed by atoms with Gasteiger partial charge in [0.15, 0.2) is 16.9 Å². The molecule has 6 aromatic rings. The van der Waals surface area contributed by atoms with Crippen LogP contribution in [-0.4, -0.2) is 57.7 Å². The molecule has 12 heteroatoms. The fourth-order valence-electron chi connectivity index (χ4n) is 7.40. The highest BCUT2D eigenvalue weighted by atomic mass is 32.2. The number of amides is 2. The molecule has 58 heavy (non-hydrogen) atoms. The van der Waals surface area contributed by atoms with Crippen LogP contribution in [0.25, 0.3) is 0 Å². The normalized spacial score (nSPS) is 16.6. The van der Waals surface area contributed by atoms with Crippen molar-refractivity contribution in [2.45, 2.75) is 30.0 Å². The smallest absolute Gasteiger partial charge is 0.356 e. The van der Waals surface area contributed by atoms with Gasteiger partial charge in [-0.25, -0.2) is 9.78 Å². The fourth-order valence-corrected chi connectivity index (χ4v) is 9.44. The van der Waals surface area contributed by atoms with Crippen LogP contribution >= 0.6 is 23.1 Å². The number of rotatable bonds is 13. The molecule has 1 fully saturated rings. The first-order chi connectivity index (χ1) is 28.4. The summed E-state index contributed by atoms with van der Waals surface area (Å²) in [6, 6.07) is 48.4. The molecule has 2 atom stereocenters. The molecule has 2 aliphatic rings. The second-order valence-electron chi connectivity index (χ2n) is 13.7. The molecule has 0 spiro atoms. The van der Waals surface area contributed by atoms with E-state index in [0.717, 1.165) is 27.8 Å². The second kappa shape index (κ2) is 16.9. The Bertz CT molecular complexity index is 2330. The van der Waals surface area contributed by atoms with Gasteiger partial charge >= 0.3 is 5.97 Å². The fraction of sp³-hybridized carbons (Fsp3) is 0.152. The summed E-state index contributed by atoms with van der Waals surface area (Å²) in [7, 11) is 1.35. The van der Waals surface area contributed by atoms with Crippen molar-refractivity contribution in [3.63, 3.8) is 0 Å². The van der Waals surface area contributed by atoms with Crippen molar-refractivity contribution in [2.24, 2.45) is 5.16 Å². The van der Waals surface area contributed by atoms with Crippen LogP contribution in [-0.2, 0) is 29.5 Å². The molecular weight excluding hydrogens is 767 g/mol. The van der Waals surface area contributed by atoms with Gasteiger partial charge in [0.05, 0.1) is 0 Å². The van der Waals surface area contributed by atoms with Crippen molar-refractivity contribution in [1.29, 1.82) is 0 Å². The lowest BCUT2D eigenvalue weighted by molar-refractivity contribution is -0.154. The number of carbonyl (C=O) groups is 3. The van der Waals surface area contributed by atoms with E-state index in [0.29, 0.717) is 16.5 Å². The van der Waals surface area contributed by atoms with Gasteiger partial charge in [-0.1, -0.05) is 157 Å². The van der Waals surface area contributed by atoms with Crippen molar-refractivity contribution < 1.29 is 24.0 Å². The monoisotopic (exact) mass is 805 g/mol. The topological polar surface area (TPSA) is 122 Å². The predicted octanol–water partition coefficient (Wildman–Crippen LogP) is 7.90. The number of nitrogens with one attached hydrogen (secondary N) is 2. The number of thiazole rings is 1. The number of β-lactam (4-membered cyclic amide) rings is 1. The van der Waals surface area contributed by atoms with E-state index in [9.17, 15) is 14.4 Å². The number of anilines is 1. The molecule has 2 aliphatic heterocycles. The molecule has 2 N–H and O–H groups in total. The third kappa shape index (κ3) is 7.39. The second-order valence-corrected chi connectivity index (χ2v) is 15.7. The first kappa shape index (κ1) is 38.4. The van der Waals surface area contributed by atoms with Crippen LogP contribution in [0.4, 0.5) is 5.13 Å². The lowest BCUT2D eigenvalue weighted by atomic mass is 9.77. The zero-order chi connectivity index (χ0) is 40.1. The zero-order valence-corrected chi connectivity index (χ0v) is 33.3. The molecule has 10 nitrogen and oxygen atoms in total. The van der Waals surface area contributed by atoms with Gasteiger partial charge in [-0.3, -0.25) is 14.5 Å². The van der Waals surface area contributed by atoms with E-state index in [-0.39, 0.29) is 17.1 Å². The Balaban J connectivity index is 1.02. The summed E-state index contributed by atoms with van der Waals surface area (Å²) in [6.07, 6.45) is -0.682. The quantitative estimate of drug-likeness (QED) is 0.0398. The SMILES string of the molecule is CO/N=C(/C(=O)NC1C(=O)N2C(C(=O)OC(c3ccccc3)c3ccccc3)=C(C)CSC12)c1csc(NC(c2ccccc2)(c2ccccc2)c2ccccc2)n1. The lowest BCUT2D eigenvalue weighted by Crippen LogP contribution is -2.71. The van der Waals surface area contributed by atoms with Crippen molar-refractivity contribution in [1.82, 2.24) is 15.2 Å². The number of nitrogens with zero attached hydrogens (tertiary/aromatic N) is 3. The predicted molar refractivity (Wildman–Crippen MR) is 227 cm³/mol. The molecule has 0 bridgehead atoms. The number of esters is 1. The number of hydrogen-bond acceptors (Lipinski definition) is 10. The van der Waals surface area contributed by atoms with Gasteiger partial charge in [0.1, 0.15) is 35.5 Å². The van der Waals surface area contributed by atoms with E-state index in [2.05, 4.69) is 52.2 Å². The van der Waals surface area contributed by atoms with Gasteiger partial charge < -0.3 is 20.2 Å². The average Bonchev–Trinajstić information content (AvgIpc) is 3.74. The number of benzene rings is 5. The first-order valence-electron chi connectivity index (χ1n) is 18.7. The van der Waals surface area contributed by atoms with Crippen LogP contribution in [0.5, 0.6) is 0 Å². The van der Waals surface area contributed by atoms with Crippen LogP contribution < -0.4 is 10.6 Å². The summed E-state index contributed by atoms with van der Waals surface area (Å²) in [5.74, 6) is -1.20. The number of fused-ring (bicyclic) bond motifs is 1. The van der Waals surface area contributed by atoms with E-state index in [4.69, 9.17) is 14.6 Å². The van der Waals surface area contributed by atoms with Crippen LogP contribution in [0.15, 0.2) is 173 Å². The molecule has 0 radical (unpaired) electrons. The lowest BCUT2D eigenvalue weighted by Gasteiger charge is -2.49. The van der Waals surface area contributed by atoms with Gasteiger partial charge in [-0.05, 0) is 40.3 Å². The van der Waals surface area contributed by atoms with Gasteiger partial charge in [-0.2, -0.15) is 0 Å². The number of oxime groups is 1. The summed E-state index contributed by atoms with van der Waals surface area (Å²) < 4.78 is 6.16. The molecule has 5 aromatic carbocycles. The van der Waals surface area contributed by atoms with E-state index < -0.39 is 40.8 Å². The summed E-state index contributed by atoms with van der Waals surface area (Å²) in [4.78, 5) is 53.2. The summed E-state index contributed by atoms with van der Waals surface area (Å²) in [6.45, 7) is 1.82. The third-order valence-corrected chi connectivity index (χ3v) is 12.3. The van der Waals surface area contributed by atoms with E-state index in [1.54, 1.807) is 5.38 Å². The Morgan fingerprint density at radius 1 is 0.793 bits per heavy atom. The number of hydrogen-bond donors (Lipinski definition) is 2. The summed E-state index contributed by atoms with van der Waals surface area (Å²) in [5, 5.41) is 12.4. The van der Waals surface area contributed by atoms with Crippen LogP contribution in [0.3, 0.4) is 0 Å². The first-order valence-corrected chi connectivity index (χ1v) is 20.6. The molecule has 2 amide bonds. The van der Waals surface area contributed by atoms with Crippen molar-refractivity contribution in [3.8, 4) is 0 Å². The number of aromatic nitrogens is 1. The minimum atomic E-state index is -0.923. The maximum Gasteiger partial charge on any atom is 0.356 e. The number of ether oxygens (including phenoxy) is 1. The molecule has 1 saturated heterocycles. The Labute approximate surface area is 344 Å². The van der Waals surface area contributed by atoms with Crippen molar-refractivity contribution >= 4 is 51.7 Å². The minimum absolute atomic E-state index is 0.0940. The Hall–Kier alpha value is -6.50. The van der Waals surface area contributed by atoms with Crippen LogP contribution in [0.1, 0.15) is 46.5 Å². The van der Waals surface area contributed by atoms with Gasteiger partial charge in [0.25, 0.3) is 11.8 Å². The van der Waals surface area contributed by atoms with Gasteiger partial charge in [0, 0.05) is 11.1 Å². The highest BCUT2D eigenvalue weighted by Crippen LogP contribution is 2.43. The highest BCUT2D eigenvalue weighted by Gasteiger charge is 2.54. The van der Waals surface area contributed by atoms with Crippen molar-refractivity contribution in [2.75, 3.05) is 18.2 Å². The molecule has 0 aliphatic carbocycles. The van der Waals surface area contributed by atoms with Crippen LogP contribution in [0, 0.1) is 0 Å². The largest absolute Gasteiger partial charge is 0.448 e. The summed E-state index contributed by atoms with van der Waals surface area (Å²) >= 11 is 2.78. The maximum atomic E-state index is 14.0. The zero-order valence-electron chi connectivity index (χ0n) is 31.6. The Morgan fingerprint density at radius 3 is 1.79 bits per heavy atom. The van der Waals surface area contributed by atoms with Gasteiger partial charge in [0.2, 0.25) is 0 Å². The van der Waals surface area contributed by atoms with Crippen molar-refractivity contribution in [3.05, 3.63) is 202 Å². The Kier molecular flexibility index (Phi) is 11.2. The highest BCUT2D eigenvalue weighted by molar-refractivity contribution is 8.00. The summed E-state index contributed by atoms with van der Waals surface area (Å²) in [5.41, 5.74) is 4.83.